The Labute approximate surface area is 186 Å². The fourth-order valence-electron chi connectivity index (χ4n) is 4.40. The Morgan fingerprint density at radius 1 is 0.656 bits per heavy atom. The van der Waals surface area contributed by atoms with E-state index in [0.29, 0.717) is 6.61 Å². The van der Waals surface area contributed by atoms with Crippen LogP contribution in [0.15, 0.2) is 109 Å². The van der Waals surface area contributed by atoms with E-state index in [9.17, 15) is 0 Å². The summed E-state index contributed by atoms with van der Waals surface area (Å²) >= 11 is 0. The van der Waals surface area contributed by atoms with Crippen LogP contribution in [0, 0.1) is 0 Å². The Bertz CT molecular complexity index is 1560. The highest BCUT2D eigenvalue weighted by molar-refractivity contribution is 5.88. The van der Waals surface area contributed by atoms with E-state index in [1.165, 1.54) is 21.7 Å². The summed E-state index contributed by atoms with van der Waals surface area (Å²) in [6, 6.07) is 37.9. The third-order valence-corrected chi connectivity index (χ3v) is 5.99. The second kappa shape index (κ2) is 7.86. The van der Waals surface area contributed by atoms with Crippen molar-refractivity contribution in [3.63, 3.8) is 0 Å². The molecule has 0 aliphatic rings. The Morgan fingerprint density at radius 3 is 2.34 bits per heavy atom. The number of imidazole rings is 1. The van der Waals surface area contributed by atoms with Gasteiger partial charge in [0.2, 0.25) is 0 Å². The Hall–Kier alpha value is -4.11. The molecule has 1 aromatic heterocycles. The highest BCUT2D eigenvalue weighted by Crippen LogP contribution is 2.27. The minimum absolute atomic E-state index is 0.413. The molecule has 0 N–H and O–H groups in total. The van der Waals surface area contributed by atoms with Gasteiger partial charge in [0.1, 0.15) is 18.2 Å². The molecule has 5 aromatic carbocycles. The van der Waals surface area contributed by atoms with Crippen LogP contribution in [0.3, 0.4) is 0 Å². The van der Waals surface area contributed by atoms with Crippen LogP contribution in [0.5, 0.6) is 5.75 Å². The van der Waals surface area contributed by atoms with E-state index in [0.717, 1.165) is 34.5 Å². The van der Waals surface area contributed by atoms with Crippen LogP contribution in [-0.4, -0.2) is 9.55 Å². The van der Waals surface area contributed by atoms with Gasteiger partial charge in [0, 0.05) is 11.9 Å². The Balaban J connectivity index is 1.37. The molecule has 0 fully saturated rings. The Kier molecular flexibility index (Phi) is 4.58. The molecule has 0 bridgehead atoms. The summed E-state index contributed by atoms with van der Waals surface area (Å²) in [7, 11) is 0. The van der Waals surface area contributed by atoms with Crippen LogP contribution in [0.2, 0.25) is 0 Å². The number of para-hydroxylation sites is 2. The fourth-order valence-corrected chi connectivity index (χ4v) is 4.40. The first kappa shape index (κ1) is 18.6. The molecule has 0 radical (unpaired) electrons. The zero-order valence-corrected chi connectivity index (χ0v) is 17.6. The summed E-state index contributed by atoms with van der Waals surface area (Å²) in [6.45, 7) is 1.16. The van der Waals surface area contributed by atoms with Crippen molar-refractivity contribution in [1.82, 2.24) is 9.55 Å². The van der Waals surface area contributed by atoms with E-state index < -0.39 is 0 Å². The lowest BCUT2D eigenvalue weighted by molar-refractivity contribution is 0.295. The Morgan fingerprint density at radius 2 is 1.41 bits per heavy atom. The normalized spacial score (nSPS) is 11.4. The molecule has 32 heavy (non-hydrogen) atoms. The highest BCUT2D eigenvalue weighted by Gasteiger charge is 2.13. The molecule has 3 heteroatoms. The second-order valence-corrected chi connectivity index (χ2v) is 8.05. The number of hydrogen-bond donors (Lipinski definition) is 0. The van der Waals surface area contributed by atoms with Gasteiger partial charge in [-0.25, -0.2) is 4.98 Å². The van der Waals surface area contributed by atoms with Crippen LogP contribution in [0.4, 0.5) is 0 Å². The molecule has 0 saturated heterocycles. The van der Waals surface area contributed by atoms with Crippen molar-refractivity contribution in [2.45, 2.75) is 13.2 Å². The molecule has 6 rings (SSSR count). The van der Waals surface area contributed by atoms with E-state index in [2.05, 4.69) is 89.5 Å². The molecule has 3 nitrogen and oxygen atoms in total. The van der Waals surface area contributed by atoms with E-state index in [-0.39, 0.29) is 0 Å². The SMILES string of the molecule is c1ccc2cc(Cn3c(COc4cccc5ccccc45)nc4ccccc43)ccc2c1. The summed E-state index contributed by atoms with van der Waals surface area (Å²) in [4.78, 5) is 4.90. The van der Waals surface area contributed by atoms with Gasteiger partial charge in [0.05, 0.1) is 11.0 Å². The molecule has 0 atom stereocenters. The minimum Gasteiger partial charge on any atom is -0.485 e. The summed E-state index contributed by atoms with van der Waals surface area (Å²) in [5.41, 5.74) is 3.36. The van der Waals surface area contributed by atoms with Gasteiger partial charge >= 0.3 is 0 Å². The number of nitrogens with zero attached hydrogens (tertiary/aromatic N) is 2. The molecular formula is C29H22N2O. The largest absolute Gasteiger partial charge is 0.485 e. The molecular weight excluding hydrogens is 392 g/mol. The lowest BCUT2D eigenvalue weighted by Crippen LogP contribution is -2.08. The molecule has 0 saturated carbocycles. The van der Waals surface area contributed by atoms with Crippen molar-refractivity contribution >= 4 is 32.6 Å². The smallest absolute Gasteiger partial charge is 0.148 e. The molecule has 0 aliphatic carbocycles. The zero-order valence-electron chi connectivity index (χ0n) is 17.6. The number of fused-ring (bicyclic) bond motifs is 3. The molecule has 1 heterocycles. The van der Waals surface area contributed by atoms with Crippen LogP contribution in [-0.2, 0) is 13.2 Å². The van der Waals surface area contributed by atoms with Gasteiger partial charge < -0.3 is 9.30 Å². The quantitative estimate of drug-likeness (QED) is 0.305. The molecule has 6 aromatic rings. The average Bonchev–Trinajstić information content (AvgIpc) is 3.20. The van der Waals surface area contributed by atoms with E-state index in [1.54, 1.807) is 0 Å². The monoisotopic (exact) mass is 414 g/mol. The van der Waals surface area contributed by atoms with Gasteiger partial charge in [-0.1, -0.05) is 84.9 Å². The summed E-state index contributed by atoms with van der Waals surface area (Å²) in [6.07, 6.45) is 0. The maximum Gasteiger partial charge on any atom is 0.148 e. The molecule has 0 amide bonds. The van der Waals surface area contributed by atoms with E-state index in [1.807, 2.05) is 24.3 Å². The third-order valence-electron chi connectivity index (χ3n) is 5.99. The van der Waals surface area contributed by atoms with Gasteiger partial charge in [0.25, 0.3) is 0 Å². The highest BCUT2D eigenvalue weighted by atomic mass is 16.5. The summed E-state index contributed by atoms with van der Waals surface area (Å²) in [5.74, 6) is 1.81. The van der Waals surface area contributed by atoms with Gasteiger partial charge in [-0.3, -0.25) is 0 Å². The van der Waals surface area contributed by atoms with Gasteiger partial charge in [0.15, 0.2) is 0 Å². The maximum atomic E-state index is 6.30. The lowest BCUT2D eigenvalue weighted by Gasteiger charge is -2.12. The van der Waals surface area contributed by atoms with Gasteiger partial charge in [-0.15, -0.1) is 0 Å². The van der Waals surface area contributed by atoms with Crippen LogP contribution in [0.1, 0.15) is 11.4 Å². The van der Waals surface area contributed by atoms with Crippen molar-refractivity contribution in [2.24, 2.45) is 0 Å². The van der Waals surface area contributed by atoms with E-state index >= 15 is 0 Å². The van der Waals surface area contributed by atoms with Gasteiger partial charge in [-0.2, -0.15) is 0 Å². The fraction of sp³-hybridized carbons (Fsp3) is 0.0690. The first-order chi connectivity index (χ1) is 15.8. The number of ether oxygens (including phenoxy) is 1. The van der Waals surface area contributed by atoms with Crippen molar-refractivity contribution in [3.05, 3.63) is 121 Å². The zero-order chi connectivity index (χ0) is 21.3. The van der Waals surface area contributed by atoms with Crippen molar-refractivity contribution in [2.75, 3.05) is 0 Å². The molecule has 154 valence electrons. The second-order valence-electron chi connectivity index (χ2n) is 8.05. The predicted octanol–water partition coefficient (Wildman–Crippen LogP) is 6.97. The first-order valence-corrected chi connectivity index (χ1v) is 10.9. The topological polar surface area (TPSA) is 27.1 Å². The van der Waals surface area contributed by atoms with E-state index in [4.69, 9.17) is 9.72 Å². The first-order valence-electron chi connectivity index (χ1n) is 10.9. The average molecular weight is 415 g/mol. The number of rotatable bonds is 5. The molecule has 0 unspecified atom stereocenters. The van der Waals surface area contributed by atoms with Crippen LogP contribution >= 0.6 is 0 Å². The summed E-state index contributed by atoms with van der Waals surface area (Å²) < 4.78 is 8.57. The molecule has 0 spiro atoms. The van der Waals surface area contributed by atoms with Crippen molar-refractivity contribution in [1.29, 1.82) is 0 Å². The minimum atomic E-state index is 0.413. The summed E-state index contributed by atoms with van der Waals surface area (Å²) in [5, 5.41) is 4.80. The van der Waals surface area contributed by atoms with Crippen molar-refractivity contribution in [3.8, 4) is 5.75 Å². The standard InChI is InChI=1S/C29H22N2O/c1-2-10-24-18-21(16-17-22(24)8-1)19-31-27-14-6-5-13-26(27)30-29(31)20-32-28-15-7-11-23-9-3-4-12-25(23)28/h1-18H,19-20H2. The number of aromatic nitrogens is 2. The van der Waals surface area contributed by atoms with Crippen LogP contribution < -0.4 is 4.74 Å². The maximum absolute atomic E-state index is 6.30. The van der Waals surface area contributed by atoms with Crippen LogP contribution in [0.25, 0.3) is 32.6 Å². The molecule has 0 aliphatic heterocycles. The lowest BCUT2D eigenvalue weighted by atomic mass is 10.1. The number of benzene rings is 5. The third kappa shape index (κ3) is 3.38. The van der Waals surface area contributed by atoms with Gasteiger partial charge in [-0.05, 0) is 46.0 Å². The predicted molar refractivity (Wildman–Crippen MR) is 131 cm³/mol. The van der Waals surface area contributed by atoms with Crippen molar-refractivity contribution < 1.29 is 4.74 Å². The number of hydrogen-bond acceptors (Lipinski definition) is 2.